The van der Waals surface area contributed by atoms with E-state index in [1.54, 1.807) is 20.0 Å². The first-order chi connectivity index (χ1) is 9.26. The van der Waals surface area contributed by atoms with Crippen LogP contribution in [0.15, 0.2) is 24.4 Å². The van der Waals surface area contributed by atoms with Gasteiger partial charge in [-0.1, -0.05) is 6.07 Å². The first-order valence-electron chi connectivity index (χ1n) is 6.67. The van der Waals surface area contributed by atoms with E-state index in [1.165, 1.54) is 6.26 Å². The van der Waals surface area contributed by atoms with Crippen LogP contribution in [0.3, 0.4) is 0 Å². The second kappa shape index (κ2) is 7.15. The minimum absolute atomic E-state index is 0.0280. The maximum Gasteiger partial charge on any atom is 0.153 e. The summed E-state index contributed by atoms with van der Waals surface area (Å²) in [5.74, 6) is 0.0280. The minimum Gasteiger partial charge on any atom is -0.396 e. The Morgan fingerprint density at radius 2 is 2.10 bits per heavy atom. The lowest BCUT2D eigenvalue weighted by atomic mass is 10.0. The Morgan fingerprint density at radius 3 is 2.60 bits per heavy atom. The maximum atomic E-state index is 11.6. The molecule has 1 aromatic heterocycles. The number of hydrogen-bond acceptors (Lipinski definition) is 5. The summed E-state index contributed by atoms with van der Waals surface area (Å²) < 4.78 is 22.4. The van der Waals surface area contributed by atoms with Gasteiger partial charge in [0.05, 0.1) is 4.75 Å². The van der Waals surface area contributed by atoms with Crippen molar-refractivity contribution in [1.29, 1.82) is 0 Å². The van der Waals surface area contributed by atoms with Crippen LogP contribution in [0.1, 0.15) is 19.5 Å². The van der Waals surface area contributed by atoms with Gasteiger partial charge in [0.15, 0.2) is 9.84 Å². The summed E-state index contributed by atoms with van der Waals surface area (Å²) in [6.45, 7) is 4.36. The zero-order valence-electron chi connectivity index (χ0n) is 12.3. The van der Waals surface area contributed by atoms with Crippen LogP contribution in [-0.2, 0) is 16.3 Å². The van der Waals surface area contributed by atoms with Gasteiger partial charge in [-0.2, -0.15) is 0 Å². The fourth-order valence-corrected chi connectivity index (χ4v) is 2.09. The van der Waals surface area contributed by atoms with E-state index in [0.29, 0.717) is 19.5 Å². The minimum atomic E-state index is -3.10. The molecule has 1 heterocycles. The molecule has 0 amide bonds. The third kappa shape index (κ3) is 5.19. The van der Waals surface area contributed by atoms with Gasteiger partial charge in [0.1, 0.15) is 0 Å². The highest BCUT2D eigenvalue weighted by Gasteiger charge is 2.29. The summed E-state index contributed by atoms with van der Waals surface area (Å²) in [5, 5.41) is 12.5. The van der Waals surface area contributed by atoms with E-state index in [1.807, 2.05) is 18.2 Å². The van der Waals surface area contributed by atoms with Gasteiger partial charge < -0.3 is 10.4 Å². The van der Waals surface area contributed by atoms with Crippen LogP contribution < -0.4 is 5.32 Å². The molecule has 20 heavy (non-hydrogen) atoms. The van der Waals surface area contributed by atoms with Gasteiger partial charge in [-0.15, -0.1) is 0 Å². The molecule has 1 unspecified atom stereocenters. The Labute approximate surface area is 121 Å². The van der Waals surface area contributed by atoms with Crippen LogP contribution in [0.25, 0.3) is 0 Å². The summed E-state index contributed by atoms with van der Waals surface area (Å²) in [5.41, 5.74) is 0.927. The Bertz CT molecular complexity index is 500. The summed E-state index contributed by atoms with van der Waals surface area (Å²) >= 11 is 0. The number of nitrogens with one attached hydrogen (secondary N) is 1. The predicted octanol–water partition coefficient (Wildman–Crippen LogP) is 0.645. The number of aromatic nitrogens is 1. The summed E-state index contributed by atoms with van der Waals surface area (Å²) in [7, 11) is -3.10. The lowest BCUT2D eigenvalue weighted by Crippen LogP contribution is -2.43. The smallest absolute Gasteiger partial charge is 0.153 e. The van der Waals surface area contributed by atoms with Gasteiger partial charge in [0.25, 0.3) is 0 Å². The molecule has 0 aliphatic rings. The largest absolute Gasteiger partial charge is 0.396 e. The van der Waals surface area contributed by atoms with E-state index in [-0.39, 0.29) is 12.5 Å². The molecule has 0 radical (unpaired) electrons. The van der Waals surface area contributed by atoms with Gasteiger partial charge in [0.2, 0.25) is 0 Å². The molecule has 2 N–H and O–H groups in total. The molecule has 0 aliphatic carbocycles. The van der Waals surface area contributed by atoms with Crippen molar-refractivity contribution in [2.24, 2.45) is 5.92 Å². The third-order valence-corrected chi connectivity index (χ3v) is 5.62. The van der Waals surface area contributed by atoms with Crippen molar-refractivity contribution >= 4 is 9.84 Å². The number of pyridine rings is 1. The maximum absolute atomic E-state index is 11.6. The molecule has 0 aromatic carbocycles. The number of nitrogens with zero attached hydrogens (tertiary/aromatic N) is 1. The molecule has 0 saturated heterocycles. The number of hydrogen-bond donors (Lipinski definition) is 2. The van der Waals surface area contributed by atoms with E-state index in [4.69, 9.17) is 0 Å². The van der Waals surface area contributed by atoms with Gasteiger partial charge in [-0.3, -0.25) is 4.98 Å². The molecular weight excluding hydrogens is 276 g/mol. The van der Waals surface area contributed by atoms with Crippen molar-refractivity contribution in [3.63, 3.8) is 0 Å². The van der Waals surface area contributed by atoms with E-state index >= 15 is 0 Å². The van der Waals surface area contributed by atoms with Crippen LogP contribution in [0.2, 0.25) is 0 Å². The second-order valence-corrected chi connectivity index (χ2v) is 8.39. The highest BCUT2D eigenvalue weighted by atomic mass is 32.2. The molecule has 0 aliphatic heterocycles. The lowest BCUT2D eigenvalue weighted by molar-refractivity contribution is 0.220. The molecule has 1 rings (SSSR count). The van der Waals surface area contributed by atoms with E-state index in [0.717, 1.165) is 5.69 Å². The number of rotatable bonds is 8. The topological polar surface area (TPSA) is 79.3 Å². The molecule has 1 aromatic rings. The van der Waals surface area contributed by atoms with Crippen LogP contribution >= 0.6 is 0 Å². The number of aliphatic hydroxyl groups is 1. The zero-order chi connectivity index (χ0) is 15.2. The van der Waals surface area contributed by atoms with Crippen LogP contribution in [0.5, 0.6) is 0 Å². The molecule has 0 bridgehead atoms. The first kappa shape index (κ1) is 17.1. The summed E-state index contributed by atoms with van der Waals surface area (Å²) in [4.78, 5) is 4.23. The molecule has 5 nitrogen and oxygen atoms in total. The van der Waals surface area contributed by atoms with Gasteiger partial charge in [-0.25, -0.2) is 8.42 Å². The Hall–Kier alpha value is -0.980. The van der Waals surface area contributed by atoms with Gasteiger partial charge >= 0.3 is 0 Å². The SMILES string of the molecule is CC(C)(CNCC(CO)Cc1ccccn1)S(C)(=O)=O. The average molecular weight is 300 g/mol. The van der Waals surface area contributed by atoms with Crippen molar-refractivity contribution in [1.82, 2.24) is 10.3 Å². The molecule has 6 heteroatoms. The van der Waals surface area contributed by atoms with Gasteiger partial charge in [0, 0.05) is 37.8 Å². The van der Waals surface area contributed by atoms with E-state index in [9.17, 15) is 13.5 Å². The summed E-state index contributed by atoms with van der Waals surface area (Å²) in [6, 6.07) is 5.68. The van der Waals surface area contributed by atoms with Gasteiger partial charge in [-0.05, 0) is 38.3 Å². The van der Waals surface area contributed by atoms with E-state index < -0.39 is 14.6 Å². The van der Waals surface area contributed by atoms with Crippen LogP contribution in [0, 0.1) is 5.92 Å². The molecular formula is C14H24N2O3S. The zero-order valence-corrected chi connectivity index (χ0v) is 13.2. The van der Waals surface area contributed by atoms with Crippen molar-refractivity contribution in [3.8, 4) is 0 Å². The predicted molar refractivity (Wildman–Crippen MR) is 80.3 cm³/mol. The van der Waals surface area contributed by atoms with Crippen LogP contribution in [-0.4, -0.2) is 49.2 Å². The van der Waals surface area contributed by atoms with Crippen LogP contribution in [0.4, 0.5) is 0 Å². The Balaban J connectivity index is 2.47. The van der Waals surface area contributed by atoms with Crippen molar-refractivity contribution < 1.29 is 13.5 Å². The van der Waals surface area contributed by atoms with Crippen molar-refractivity contribution in [2.75, 3.05) is 26.0 Å². The highest BCUT2D eigenvalue weighted by Crippen LogP contribution is 2.13. The second-order valence-electron chi connectivity index (χ2n) is 5.74. The molecule has 1 atom stereocenters. The molecule has 0 saturated carbocycles. The quantitative estimate of drug-likeness (QED) is 0.737. The lowest BCUT2D eigenvalue weighted by Gasteiger charge is -2.24. The highest BCUT2D eigenvalue weighted by molar-refractivity contribution is 7.92. The average Bonchev–Trinajstić information content (AvgIpc) is 2.37. The third-order valence-electron chi connectivity index (χ3n) is 3.47. The first-order valence-corrected chi connectivity index (χ1v) is 8.56. The van der Waals surface area contributed by atoms with E-state index in [2.05, 4.69) is 10.3 Å². The van der Waals surface area contributed by atoms with Crippen molar-refractivity contribution in [3.05, 3.63) is 30.1 Å². The molecule has 0 spiro atoms. The summed E-state index contributed by atoms with van der Waals surface area (Å²) in [6.07, 6.45) is 3.64. The Kier molecular flexibility index (Phi) is 6.10. The fourth-order valence-electron chi connectivity index (χ4n) is 1.72. The standard InChI is InChI=1S/C14H24N2O3S/c1-14(2,20(3,18)19)11-15-9-12(10-17)8-13-6-4-5-7-16-13/h4-7,12,15,17H,8-11H2,1-3H3. The normalized spacial score (nSPS) is 14.2. The van der Waals surface area contributed by atoms with Crippen molar-refractivity contribution in [2.45, 2.75) is 25.0 Å². The molecule has 0 fully saturated rings. The Morgan fingerprint density at radius 1 is 1.40 bits per heavy atom. The number of aliphatic hydroxyl groups excluding tert-OH is 1. The fraction of sp³-hybridized carbons (Fsp3) is 0.643. The monoisotopic (exact) mass is 300 g/mol. The molecule has 114 valence electrons. The number of sulfone groups is 1.